The van der Waals surface area contributed by atoms with Crippen LogP contribution in [0.5, 0.6) is 0 Å². The molecule has 1 saturated heterocycles. The predicted octanol–water partition coefficient (Wildman–Crippen LogP) is 4.06. The molecule has 1 aliphatic heterocycles. The van der Waals surface area contributed by atoms with E-state index in [9.17, 15) is 9.59 Å². The summed E-state index contributed by atoms with van der Waals surface area (Å²) in [5.41, 5.74) is 3.93. The third-order valence-corrected chi connectivity index (χ3v) is 4.94. The van der Waals surface area contributed by atoms with Gasteiger partial charge in [-0.25, -0.2) is 0 Å². The van der Waals surface area contributed by atoms with Crippen molar-refractivity contribution < 1.29 is 9.59 Å². The van der Waals surface area contributed by atoms with Crippen LogP contribution in [0, 0.1) is 19.8 Å². The number of hydrogen-bond donors (Lipinski definition) is 1. The minimum Gasteiger partial charge on any atom is -0.326 e. The summed E-state index contributed by atoms with van der Waals surface area (Å²) in [7, 11) is 0. The summed E-state index contributed by atoms with van der Waals surface area (Å²) in [4.78, 5) is 26.5. The van der Waals surface area contributed by atoms with Crippen molar-refractivity contribution in [3.63, 3.8) is 0 Å². The molecule has 124 valence electrons. The van der Waals surface area contributed by atoms with Gasteiger partial charge in [-0.05, 0) is 61.4 Å². The van der Waals surface area contributed by atoms with Crippen LogP contribution in [0.15, 0.2) is 46.9 Å². The average molecular weight is 387 g/mol. The molecule has 24 heavy (non-hydrogen) atoms. The van der Waals surface area contributed by atoms with E-state index in [2.05, 4.69) is 21.2 Å². The lowest BCUT2D eigenvalue weighted by Crippen LogP contribution is -2.28. The van der Waals surface area contributed by atoms with Gasteiger partial charge >= 0.3 is 0 Å². The van der Waals surface area contributed by atoms with Crippen molar-refractivity contribution in [1.29, 1.82) is 0 Å². The van der Waals surface area contributed by atoms with Crippen LogP contribution in [0.2, 0.25) is 0 Å². The van der Waals surface area contributed by atoms with Gasteiger partial charge in [-0.2, -0.15) is 0 Å². The molecule has 1 N–H and O–H groups in total. The molecule has 5 heteroatoms. The van der Waals surface area contributed by atoms with E-state index in [0.29, 0.717) is 6.54 Å². The number of rotatable bonds is 3. The fourth-order valence-corrected chi connectivity index (χ4v) is 3.07. The molecule has 1 atom stereocenters. The topological polar surface area (TPSA) is 49.4 Å². The summed E-state index contributed by atoms with van der Waals surface area (Å²) in [6, 6.07) is 13.4. The Morgan fingerprint density at radius 1 is 1.12 bits per heavy atom. The molecule has 0 radical (unpaired) electrons. The highest BCUT2D eigenvalue weighted by Gasteiger charge is 2.35. The number of carbonyl (C=O) groups excluding carboxylic acids is 2. The zero-order valence-corrected chi connectivity index (χ0v) is 15.3. The number of aryl methyl sites for hydroxylation is 2. The first kappa shape index (κ1) is 16.7. The molecule has 0 spiro atoms. The first-order chi connectivity index (χ1) is 11.4. The number of carbonyl (C=O) groups is 2. The summed E-state index contributed by atoms with van der Waals surface area (Å²) in [5.74, 6) is -0.450. The van der Waals surface area contributed by atoms with Crippen molar-refractivity contribution in [3.05, 3.63) is 58.1 Å². The Bertz CT molecular complexity index is 786. The largest absolute Gasteiger partial charge is 0.326 e. The molecule has 0 saturated carbocycles. The van der Waals surface area contributed by atoms with Crippen LogP contribution in [-0.2, 0) is 9.59 Å². The fourth-order valence-electron chi connectivity index (χ4n) is 2.80. The van der Waals surface area contributed by atoms with Gasteiger partial charge in [0.25, 0.3) is 0 Å². The Hall–Kier alpha value is -2.14. The van der Waals surface area contributed by atoms with E-state index in [0.717, 1.165) is 21.4 Å². The lowest BCUT2D eigenvalue weighted by Gasteiger charge is -2.18. The van der Waals surface area contributed by atoms with Gasteiger partial charge in [-0.3, -0.25) is 9.59 Å². The van der Waals surface area contributed by atoms with E-state index in [1.165, 1.54) is 5.56 Å². The zero-order chi connectivity index (χ0) is 17.3. The normalized spacial score (nSPS) is 17.2. The summed E-state index contributed by atoms with van der Waals surface area (Å²) in [5, 5.41) is 2.89. The van der Waals surface area contributed by atoms with Crippen LogP contribution >= 0.6 is 15.9 Å². The molecular weight excluding hydrogens is 368 g/mol. The monoisotopic (exact) mass is 386 g/mol. The Labute approximate surface area is 150 Å². The SMILES string of the molecule is Cc1ccc(N2C[C@H](C(=O)Nc3ccc(Br)cc3)CC2=O)cc1C. The van der Waals surface area contributed by atoms with Gasteiger partial charge < -0.3 is 10.2 Å². The maximum Gasteiger partial charge on any atom is 0.229 e. The fraction of sp³-hybridized carbons (Fsp3) is 0.263. The van der Waals surface area contributed by atoms with Crippen molar-refractivity contribution in [3.8, 4) is 0 Å². The van der Waals surface area contributed by atoms with Crippen molar-refractivity contribution in [1.82, 2.24) is 0 Å². The van der Waals surface area contributed by atoms with Gasteiger partial charge in [-0.15, -0.1) is 0 Å². The Balaban J connectivity index is 1.70. The summed E-state index contributed by atoms with van der Waals surface area (Å²) in [6.07, 6.45) is 0.245. The molecule has 3 rings (SSSR count). The number of nitrogens with zero attached hydrogens (tertiary/aromatic N) is 1. The van der Waals surface area contributed by atoms with Crippen molar-refractivity contribution in [2.24, 2.45) is 5.92 Å². The van der Waals surface area contributed by atoms with Crippen LogP contribution < -0.4 is 10.2 Å². The molecule has 1 heterocycles. The summed E-state index contributed by atoms with van der Waals surface area (Å²) >= 11 is 3.37. The standard InChI is InChI=1S/C19H19BrN2O2/c1-12-3-8-17(9-13(12)2)22-11-14(10-18(22)23)19(24)21-16-6-4-15(20)5-7-16/h3-9,14H,10-11H2,1-2H3,(H,21,24)/t14-/m1/s1. The Kier molecular flexibility index (Phi) is 4.71. The van der Waals surface area contributed by atoms with Crippen molar-refractivity contribution >= 4 is 39.1 Å². The van der Waals surface area contributed by atoms with E-state index in [1.54, 1.807) is 4.90 Å². The minimum absolute atomic E-state index is 0.00536. The first-order valence-electron chi connectivity index (χ1n) is 7.88. The molecule has 2 aromatic carbocycles. The molecule has 0 unspecified atom stereocenters. The number of halogens is 1. The van der Waals surface area contributed by atoms with E-state index in [1.807, 2.05) is 56.3 Å². The van der Waals surface area contributed by atoms with Crippen LogP contribution in [-0.4, -0.2) is 18.4 Å². The van der Waals surface area contributed by atoms with Crippen LogP contribution in [0.4, 0.5) is 11.4 Å². The quantitative estimate of drug-likeness (QED) is 0.864. The number of anilines is 2. The van der Waals surface area contributed by atoms with Crippen molar-refractivity contribution in [2.75, 3.05) is 16.8 Å². The number of hydrogen-bond acceptors (Lipinski definition) is 2. The molecule has 0 aliphatic carbocycles. The first-order valence-corrected chi connectivity index (χ1v) is 8.67. The van der Waals surface area contributed by atoms with E-state index in [-0.39, 0.29) is 24.2 Å². The highest BCUT2D eigenvalue weighted by Crippen LogP contribution is 2.27. The Morgan fingerprint density at radius 2 is 1.83 bits per heavy atom. The van der Waals surface area contributed by atoms with Crippen LogP contribution in [0.25, 0.3) is 0 Å². The van der Waals surface area contributed by atoms with Gasteiger partial charge in [0, 0.05) is 28.8 Å². The Morgan fingerprint density at radius 3 is 2.50 bits per heavy atom. The third kappa shape index (κ3) is 3.51. The smallest absolute Gasteiger partial charge is 0.229 e. The van der Waals surface area contributed by atoms with Gasteiger partial charge in [0.05, 0.1) is 5.92 Å². The average Bonchev–Trinajstić information content (AvgIpc) is 2.94. The summed E-state index contributed by atoms with van der Waals surface area (Å²) in [6.45, 7) is 4.49. The number of amides is 2. The van der Waals surface area contributed by atoms with E-state index < -0.39 is 0 Å². The maximum absolute atomic E-state index is 12.4. The van der Waals surface area contributed by atoms with Crippen LogP contribution in [0.3, 0.4) is 0 Å². The number of nitrogens with one attached hydrogen (secondary N) is 1. The molecule has 2 aromatic rings. The number of benzene rings is 2. The second-order valence-electron chi connectivity index (χ2n) is 6.17. The van der Waals surface area contributed by atoms with Gasteiger partial charge in [0.1, 0.15) is 0 Å². The van der Waals surface area contributed by atoms with Gasteiger partial charge in [0.2, 0.25) is 11.8 Å². The lowest BCUT2D eigenvalue weighted by molar-refractivity contribution is -0.122. The molecule has 0 aromatic heterocycles. The second-order valence-corrected chi connectivity index (χ2v) is 7.09. The highest BCUT2D eigenvalue weighted by molar-refractivity contribution is 9.10. The summed E-state index contributed by atoms with van der Waals surface area (Å²) < 4.78 is 0.956. The van der Waals surface area contributed by atoms with Gasteiger partial charge in [-0.1, -0.05) is 22.0 Å². The van der Waals surface area contributed by atoms with Crippen LogP contribution in [0.1, 0.15) is 17.5 Å². The predicted molar refractivity (Wildman–Crippen MR) is 99.1 cm³/mol. The van der Waals surface area contributed by atoms with Gasteiger partial charge in [0.15, 0.2) is 0 Å². The van der Waals surface area contributed by atoms with Crippen molar-refractivity contribution in [2.45, 2.75) is 20.3 Å². The zero-order valence-electron chi connectivity index (χ0n) is 13.7. The molecule has 0 bridgehead atoms. The minimum atomic E-state index is -0.331. The molecule has 2 amide bonds. The second kappa shape index (κ2) is 6.77. The van der Waals surface area contributed by atoms with E-state index >= 15 is 0 Å². The highest BCUT2D eigenvalue weighted by atomic mass is 79.9. The van der Waals surface area contributed by atoms with E-state index in [4.69, 9.17) is 0 Å². The maximum atomic E-state index is 12.4. The molecule has 1 fully saturated rings. The molecule has 1 aliphatic rings. The third-order valence-electron chi connectivity index (χ3n) is 4.41. The molecule has 4 nitrogen and oxygen atoms in total. The lowest BCUT2D eigenvalue weighted by atomic mass is 10.1. The molecular formula is C19H19BrN2O2.